The Balaban J connectivity index is 2.46. The molecule has 1 atom stereocenters. The van der Waals surface area contributed by atoms with Crippen molar-refractivity contribution in [2.75, 3.05) is 20.6 Å². The van der Waals surface area contributed by atoms with Gasteiger partial charge < -0.3 is 10.6 Å². The van der Waals surface area contributed by atoms with Gasteiger partial charge >= 0.3 is 0 Å². The standard InChI is InChI=1S/C11H19N3/c1-12-7-3-4-11(13-2)10-5-8-14-9-6-10/h5-6,8-9,11-13H,3-4,7H2,1-2H3. The van der Waals surface area contributed by atoms with Gasteiger partial charge in [-0.05, 0) is 51.2 Å². The van der Waals surface area contributed by atoms with Crippen LogP contribution in [0.15, 0.2) is 24.5 Å². The number of aromatic nitrogens is 1. The molecule has 0 fully saturated rings. The molecule has 0 saturated carbocycles. The van der Waals surface area contributed by atoms with Crippen molar-refractivity contribution in [2.24, 2.45) is 0 Å². The molecule has 0 aliphatic rings. The molecular formula is C11H19N3. The highest BCUT2D eigenvalue weighted by Gasteiger charge is 2.07. The van der Waals surface area contributed by atoms with Crippen molar-refractivity contribution >= 4 is 0 Å². The Bertz CT molecular complexity index is 236. The summed E-state index contributed by atoms with van der Waals surface area (Å²) in [4.78, 5) is 4.02. The van der Waals surface area contributed by atoms with Gasteiger partial charge in [-0.15, -0.1) is 0 Å². The van der Waals surface area contributed by atoms with Crippen LogP contribution in [0.1, 0.15) is 24.4 Å². The lowest BCUT2D eigenvalue weighted by molar-refractivity contribution is 0.518. The summed E-state index contributed by atoms with van der Waals surface area (Å²) in [6.07, 6.45) is 6.03. The third kappa shape index (κ3) is 3.44. The molecule has 0 radical (unpaired) electrons. The van der Waals surface area contributed by atoms with Crippen molar-refractivity contribution in [3.63, 3.8) is 0 Å². The quantitative estimate of drug-likeness (QED) is 0.669. The zero-order valence-corrected chi connectivity index (χ0v) is 8.96. The molecule has 0 aliphatic heterocycles. The molecule has 2 N–H and O–H groups in total. The first-order valence-corrected chi connectivity index (χ1v) is 5.10. The fourth-order valence-corrected chi connectivity index (χ4v) is 1.56. The minimum absolute atomic E-state index is 0.450. The van der Waals surface area contributed by atoms with Crippen LogP contribution < -0.4 is 10.6 Å². The average molecular weight is 193 g/mol. The van der Waals surface area contributed by atoms with Gasteiger partial charge in [-0.2, -0.15) is 0 Å². The summed E-state index contributed by atoms with van der Waals surface area (Å²) >= 11 is 0. The maximum absolute atomic E-state index is 4.02. The molecular weight excluding hydrogens is 174 g/mol. The van der Waals surface area contributed by atoms with Gasteiger partial charge in [0.25, 0.3) is 0 Å². The predicted octanol–water partition coefficient (Wildman–Crippen LogP) is 1.34. The van der Waals surface area contributed by atoms with Crippen LogP contribution in [0.3, 0.4) is 0 Å². The van der Waals surface area contributed by atoms with Gasteiger partial charge in [0.2, 0.25) is 0 Å². The first-order chi connectivity index (χ1) is 6.88. The summed E-state index contributed by atoms with van der Waals surface area (Å²) < 4.78 is 0. The lowest BCUT2D eigenvalue weighted by atomic mass is 10.0. The highest BCUT2D eigenvalue weighted by atomic mass is 14.9. The van der Waals surface area contributed by atoms with Gasteiger partial charge in [0.05, 0.1) is 0 Å². The lowest BCUT2D eigenvalue weighted by Gasteiger charge is -2.15. The van der Waals surface area contributed by atoms with E-state index < -0.39 is 0 Å². The van der Waals surface area contributed by atoms with Gasteiger partial charge in [-0.25, -0.2) is 0 Å². The van der Waals surface area contributed by atoms with E-state index in [4.69, 9.17) is 0 Å². The first-order valence-electron chi connectivity index (χ1n) is 5.10. The number of pyridine rings is 1. The van der Waals surface area contributed by atoms with E-state index in [0.717, 1.165) is 13.0 Å². The Kier molecular flexibility index (Phi) is 5.19. The number of hydrogen-bond donors (Lipinski definition) is 2. The second-order valence-electron chi connectivity index (χ2n) is 3.37. The Morgan fingerprint density at radius 2 is 2.00 bits per heavy atom. The SMILES string of the molecule is CNCCCC(NC)c1ccncc1. The molecule has 0 spiro atoms. The average Bonchev–Trinajstić information content (AvgIpc) is 2.26. The molecule has 1 unspecified atom stereocenters. The minimum Gasteiger partial charge on any atom is -0.320 e. The molecule has 0 saturated heterocycles. The monoisotopic (exact) mass is 193 g/mol. The van der Waals surface area contributed by atoms with E-state index in [2.05, 4.69) is 27.8 Å². The highest BCUT2D eigenvalue weighted by Crippen LogP contribution is 2.16. The summed E-state index contributed by atoms with van der Waals surface area (Å²) in [5.74, 6) is 0. The van der Waals surface area contributed by atoms with Crippen molar-refractivity contribution in [3.8, 4) is 0 Å². The summed E-state index contributed by atoms with van der Waals surface area (Å²) in [7, 11) is 3.99. The maximum atomic E-state index is 4.02. The van der Waals surface area contributed by atoms with Gasteiger partial charge in [0.1, 0.15) is 0 Å². The molecule has 0 aromatic carbocycles. The summed E-state index contributed by atoms with van der Waals surface area (Å²) in [6.45, 7) is 1.07. The number of hydrogen-bond acceptors (Lipinski definition) is 3. The Hall–Kier alpha value is -0.930. The second kappa shape index (κ2) is 6.51. The van der Waals surface area contributed by atoms with E-state index in [-0.39, 0.29) is 0 Å². The van der Waals surface area contributed by atoms with E-state index >= 15 is 0 Å². The van der Waals surface area contributed by atoms with Crippen molar-refractivity contribution in [3.05, 3.63) is 30.1 Å². The molecule has 0 aliphatic carbocycles. The Labute approximate surface area is 85.9 Å². The van der Waals surface area contributed by atoms with Crippen LogP contribution in [0, 0.1) is 0 Å². The second-order valence-corrected chi connectivity index (χ2v) is 3.37. The first kappa shape index (κ1) is 11.1. The molecule has 78 valence electrons. The van der Waals surface area contributed by atoms with Crippen LogP contribution in [0.2, 0.25) is 0 Å². The fraction of sp³-hybridized carbons (Fsp3) is 0.545. The van der Waals surface area contributed by atoms with E-state index in [1.165, 1.54) is 12.0 Å². The topological polar surface area (TPSA) is 37.0 Å². The molecule has 1 aromatic heterocycles. The van der Waals surface area contributed by atoms with Crippen LogP contribution in [0.25, 0.3) is 0 Å². The normalized spacial score (nSPS) is 12.7. The number of nitrogens with one attached hydrogen (secondary N) is 2. The third-order valence-electron chi connectivity index (χ3n) is 2.38. The molecule has 1 aromatic rings. The van der Waals surface area contributed by atoms with Gasteiger partial charge in [0.15, 0.2) is 0 Å². The Morgan fingerprint density at radius 1 is 1.29 bits per heavy atom. The summed E-state index contributed by atoms with van der Waals surface area (Å²) in [5.41, 5.74) is 1.32. The molecule has 0 bridgehead atoms. The maximum Gasteiger partial charge on any atom is 0.0319 e. The number of nitrogens with zero attached hydrogens (tertiary/aromatic N) is 1. The summed E-state index contributed by atoms with van der Waals surface area (Å²) in [5, 5.41) is 6.48. The van der Waals surface area contributed by atoms with E-state index in [0.29, 0.717) is 6.04 Å². The van der Waals surface area contributed by atoms with Gasteiger partial charge in [-0.1, -0.05) is 0 Å². The molecule has 3 heteroatoms. The molecule has 1 rings (SSSR count). The van der Waals surface area contributed by atoms with Crippen LogP contribution >= 0.6 is 0 Å². The number of rotatable bonds is 6. The van der Waals surface area contributed by atoms with Crippen molar-refractivity contribution in [1.29, 1.82) is 0 Å². The Morgan fingerprint density at radius 3 is 2.57 bits per heavy atom. The molecule has 1 heterocycles. The van der Waals surface area contributed by atoms with Crippen molar-refractivity contribution in [1.82, 2.24) is 15.6 Å². The van der Waals surface area contributed by atoms with Gasteiger partial charge in [0, 0.05) is 18.4 Å². The van der Waals surface area contributed by atoms with E-state index in [1.807, 2.05) is 26.5 Å². The van der Waals surface area contributed by atoms with Crippen molar-refractivity contribution < 1.29 is 0 Å². The minimum atomic E-state index is 0.450. The van der Waals surface area contributed by atoms with E-state index in [9.17, 15) is 0 Å². The lowest BCUT2D eigenvalue weighted by Crippen LogP contribution is -2.18. The fourth-order valence-electron chi connectivity index (χ4n) is 1.56. The largest absolute Gasteiger partial charge is 0.320 e. The third-order valence-corrected chi connectivity index (χ3v) is 2.38. The van der Waals surface area contributed by atoms with Crippen LogP contribution in [0.5, 0.6) is 0 Å². The smallest absolute Gasteiger partial charge is 0.0319 e. The van der Waals surface area contributed by atoms with Crippen molar-refractivity contribution in [2.45, 2.75) is 18.9 Å². The zero-order chi connectivity index (χ0) is 10.2. The summed E-state index contributed by atoms with van der Waals surface area (Å²) in [6, 6.07) is 4.59. The van der Waals surface area contributed by atoms with E-state index in [1.54, 1.807) is 0 Å². The van der Waals surface area contributed by atoms with Crippen LogP contribution in [-0.2, 0) is 0 Å². The highest BCUT2D eigenvalue weighted by molar-refractivity contribution is 5.14. The van der Waals surface area contributed by atoms with Crippen LogP contribution in [-0.4, -0.2) is 25.6 Å². The van der Waals surface area contributed by atoms with Gasteiger partial charge in [-0.3, -0.25) is 4.98 Å². The predicted molar refractivity (Wildman–Crippen MR) is 59.2 cm³/mol. The van der Waals surface area contributed by atoms with Crippen LogP contribution in [0.4, 0.5) is 0 Å². The molecule has 3 nitrogen and oxygen atoms in total. The molecule has 0 amide bonds. The molecule has 14 heavy (non-hydrogen) atoms. The zero-order valence-electron chi connectivity index (χ0n) is 8.96.